The van der Waals surface area contributed by atoms with Gasteiger partial charge in [-0.15, -0.1) is 0 Å². The van der Waals surface area contributed by atoms with E-state index in [2.05, 4.69) is 44.6 Å². The average molecular weight is 276 g/mol. The number of nitrogens with zero attached hydrogens (tertiary/aromatic N) is 2. The molecule has 1 heterocycles. The number of rotatable bonds is 5. The molecule has 0 amide bonds. The van der Waals surface area contributed by atoms with Crippen LogP contribution in [0.25, 0.3) is 0 Å². The van der Waals surface area contributed by atoms with Gasteiger partial charge in [-0.2, -0.15) is 0 Å². The quantitative estimate of drug-likeness (QED) is 0.797. The van der Waals surface area contributed by atoms with Crippen LogP contribution in [-0.4, -0.2) is 16.6 Å². The lowest BCUT2D eigenvalue weighted by atomic mass is 9.71. The molecule has 0 bridgehead atoms. The van der Waals surface area contributed by atoms with Crippen LogP contribution in [0.15, 0.2) is 12.4 Å². The first-order valence-electron chi connectivity index (χ1n) is 7.88. The smallest absolute Gasteiger partial charge is 0.155 e. The van der Waals surface area contributed by atoms with Gasteiger partial charge in [-0.05, 0) is 30.1 Å². The maximum Gasteiger partial charge on any atom is 0.155 e. The van der Waals surface area contributed by atoms with Gasteiger partial charge in [0.05, 0.1) is 19.0 Å². The predicted octanol–water partition coefficient (Wildman–Crippen LogP) is 4.44. The summed E-state index contributed by atoms with van der Waals surface area (Å²) in [5.74, 6) is 3.39. The minimum Gasteiger partial charge on any atom is -0.490 e. The maximum atomic E-state index is 5.95. The Hall–Kier alpha value is -1.12. The standard InChI is InChI=1S/C17H28N2O/c1-12(2)16-18-9-15(10-19-16)20-11-14-7-6-8-17(14,5)13(3)4/h9-10,12-14H,6-8,11H2,1-5H3. The van der Waals surface area contributed by atoms with Crippen molar-refractivity contribution in [2.45, 2.75) is 59.8 Å². The molecule has 0 aromatic carbocycles. The van der Waals surface area contributed by atoms with Gasteiger partial charge in [0.2, 0.25) is 0 Å². The molecule has 3 nitrogen and oxygen atoms in total. The van der Waals surface area contributed by atoms with Crippen molar-refractivity contribution in [1.29, 1.82) is 0 Å². The highest BCUT2D eigenvalue weighted by atomic mass is 16.5. The Bertz CT molecular complexity index is 427. The van der Waals surface area contributed by atoms with E-state index in [1.165, 1.54) is 19.3 Å². The lowest BCUT2D eigenvalue weighted by molar-refractivity contribution is 0.0980. The Morgan fingerprint density at radius 3 is 2.45 bits per heavy atom. The van der Waals surface area contributed by atoms with E-state index >= 15 is 0 Å². The lowest BCUT2D eigenvalue weighted by Crippen LogP contribution is -2.31. The Morgan fingerprint density at radius 1 is 1.25 bits per heavy atom. The van der Waals surface area contributed by atoms with Gasteiger partial charge in [-0.1, -0.05) is 41.0 Å². The van der Waals surface area contributed by atoms with Crippen molar-refractivity contribution in [3.8, 4) is 5.75 Å². The zero-order valence-corrected chi connectivity index (χ0v) is 13.5. The molecule has 0 aliphatic heterocycles. The van der Waals surface area contributed by atoms with Gasteiger partial charge in [0.1, 0.15) is 5.82 Å². The molecule has 20 heavy (non-hydrogen) atoms. The van der Waals surface area contributed by atoms with Crippen LogP contribution in [0.3, 0.4) is 0 Å². The molecule has 1 aromatic heterocycles. The highest BCUT2D eigenvalue weighted by Gasteiger charge is 2.41. The Labute approximate surface area is 123 Å². The Kier molecular flexibility index (Phi) is 4.66. The first-order valence-corrected chi connectivity index (χ1v) is 7.88. The SMILES string of the molecule is CC(C)c1ncc(OCC2CCCC2(C)C(C)C)cn1. The molecule has 2 rings (SSSR count). The summed E-state index contributed by atoms with van der Waals surface area (Å²) in [7, 11) is 0. The van der Waals surface area contributed by atoms with Crippen LogP contribution in [0.5, 0.6) is 5.75 Å². The van der Waals surface area contributed by atoms with Gasteiger partial charge in [-0.3, -0.25) is 0 Å². The molecule has 0 saturated heterocycles. The first-order chi connectivity index (χ1) is 9.43. The molecule has 2 unspecified atom stereocenters. The molecule has 0 N–H and O–H groups in total. The summed E-state index contributed by atoms with van der Waals surface area (Å²) in [6.45, 7) is 12.1. The van der Waals surface area contributed by atoms with E-state index in [-0.39, 0.29) is 0 Å². The van der Waals surface area contributed by atoms with Crippen LogP contribution in [0.1, 0.15) is 65.6 Å². The predicted molar refractivity (Wildman–Crippen MR) is 81.9 cm³/mol. The number of ether oxygens (including phenoxy) is 1. The van der Waals surface area contributed by atoms with Crippen molar-refractivity contribution >= 4 is 0 Å². The van der Waals surface area contributed by atoms with Gasteiger partial charge in [0.15, 0.2) is 5.75 Å². The van der Waals surface area contributed by atoms with Crippen molar-refractivity contribution in [3.05, 3.63) is 18.2 Å². The molecule has 1 aromatic rings. The van der Waals surface area contributed by atoms with E-state index in [4.69, 9.17) is 4.74 Å². The van der Waals surface area contributed by atoms with E-state index in [9.17, 15) is 0 Å². The van der Waals surface area contributed by atoms with E-state index < -0.39 is 0 Å². The van der Waals surface area contributed by atoms with Crippen molar-refractivity contribution in [1.82, 2.24) is 9.97 Å². The minimum atomic E-state index is 0.364. The van der Waals surface area contributed by atoms with Crippen LogP contribution in [0.2, 0.25) is 0 Å². The highest BCUT2D eigenvalue weighted by molar-refractivity contribution is 5.13. The molecule has 0 radical (unpaired) electrons. The fourth-order valence-electron chi connectivity index (χ4n) is 3.19. The van der Waals surface area contributed by atoms with E-state index in [1.54, 1.807) is 0 Å². The molecular weight excluding hydrogens is 248 g/mol. The Morgan fingerprint density at radius 2 is 1.90 bits per heavy atom. The minimum absolute atomic E-state index is 0.364. The fraction of sp³-hybridized carbons (Fsp3) is 0.765. The van der Waals surface area contributed by atoms with Crippen molar-refractivity contribution in [3.63, 3.8) is 0 Å². The van der Waals surface area contributed by atoms with Crippen LogP contribution >= 0.6 is 0 Å². The Balaban J connectivity index is 1.95. The average Bonchev–Trinajstić information content (AvgIpc) is 2.79. The van der Waals surface area contributed by atoms with Crippen molar-refractivity contribution in [2.75, 3.05) is 6.61 Å². The fourth-order valence-corrected chi connectivity index (χ4v) is 3.19. The van der Waals surface area contributed by atoms with Gasteiger partial charge in [-0.25, -0.2) is 9.97 Å². The normalized spacial score (nSPS) is 26.4. The maximum absolute atomic E-state index is 5.95. The third kappa shape index (κ3) is 3.13. The largest absolute Gasteiger partial charge is 0.490 e. The second-order valence-electron chi connectivity index (χ2n) is 6.99. The zero-order chi connectivity index (χ0) is 14.8. The topological polar surface area (TPSA) is 35.0 Å². The van der Waals surface area contributed by atoms with Crippen LogP contribution in [-0.2, 0) is 0 Å². The van der Waals surface area contributed by atoms with E-state index in [0.29, 0.717) is 23.2 Å². The molecule has 2 atom stereocenters. The summed E-state index contributed by atoms with van der Waals surface area (Å²) in [5, 5.41) is 0. The molecule has 112 valence electrons. The van der Waals surface area contributed by atoms with Crippen LogP contribution in [0, 0.1) is 17.3 Å². The molecule has 1 aliphatic carbocycles. The van der Waals surface area contributed by atoms with Gasteiger partial charge in [0.25, 0.3) is 0 Å². The van der Waals surface area contributed by atoms with Gasteiger partial charge < -0.3 is 4.74 Å². The molecule has 1 fully saturated rings. The van der Waals surface area contributed by atoms with E-state index in [1.807, 2.05) is 12.4 Å². The lowest BCUT2D eigenvalue weighted by Gasteiger charge is -2.35. The van der Waals surface area contributed by atoms with Gasteiger partial charge in [0, 0.05) is 5.92 Å². The van der Waals surface area contributed by atoms with Crippen molar-refractivity contribution < 1.29 is 4.74 Å². The van der Waals surface area contributed by atoms with Gasteiger partial charge >= 0.3 is 0 Å². The number of hydrogen-bond donors (Lipinski definition) is 0. The number of aromatic nitrogens is 2. The second kappa shape index (κ2) is 6.11. The summed E-state index contributed by atoms with van der Waals surface area (Å²) < 4.78 is 5.95. The third-order valence-electron chi connectivity index (χ3n) is 5.14. The molecular formula is C17H28N2O. The van der Waals surface area contributed by atoms with Crippen LogP contribution < -0.4 is 4.74 Å². The summed E-state index contributed by atoms with van der Waals surface area (Å²) in [6, 6.07) is 0. The third-order valence-corrected chi connectivity index (χ3v) is 5.14. The second-order valence-corrected chi connectivity index (χ2v) is 6.99. The van der Waals surface area contributed by atoms with Crippen molar-refractivity contribution in [2.24, 2.45) is 17.3 Å². The molecule has 1 aliphatic rings. The van der Waals surface area contributed by atoms with Crippen LogP contribution in [0.4, 0.5) is 0 Å². The zero-order valence-electron chi connectivity index (χ0n) is 13.5. The monoisotopic (exact) mass is 276 g/mol. The first kappa shape index (κ1) is 15.3. The molecule has 1 saturated carbocycles. The van der Waals surface area contributed by atoms with E-state index in [0.717, 1.165) is 18.2 Å². The molecule has 0 spiro atoms. The summed E-state index contributed by atoms with van der Waals surface area (Å²) in [4.78, 5) is 8.72. The summed E-state index contributed by atoms with van der Waals surface area (Å²) in [6.07, 6.45) is 7.54. The summed E-state index contributed by atoms with van der Waals surface area (Å²) >= 11 is 0. The molecule has 3 heteroatoms. The highest BCUT2D eigenvalue weighted by Crippen LogP contribution is 2.48. The number of hydrogen-bond acceptors (Lipinski definition) is 3. The summed E-state index contributed by atoms with van der Waals surface area (Å²) in [5.41, 5.74) is 0.415.